The Labute approximate surface area is 167 Å². The highest BCUT2D eigenvalue weighted by Gasteiger charge is 2.41. The van der Waals surface area contributed by atoms with Crippen LogP contribution in [0.4, 0.5) is 4.79 Å². The molecule has 2 aliphatic rings. The number of benzene rings is 1. The molecule has 1 aromatic rings. The van der Waals surface area contributed by atoms with Gasteiger partial charge in [0.2, 0.25) is 6.29 Å². The zero-order valence-electron chi connectivity index (χ0n) is 16.6. The zero-order valence-corrected chi connectivity index (χ0v) is 17.4. The Hall–Kier alpha value is -1.64. The lowest BCUT2D eigenvalue weighted by molar-refractivity contribution is -0.00745. The summed E-state index contributed by atoms with van der Waals surface area (Å²) in [5.74, 6) is 0.670. The molecule has 156 valence electrons. The summed E-state index contributed by atoms with van der Waals surface area (Å²) in [6, 6.07) is 10.1. The van der Waals surface area contributed by atoms with E-state index in [4.69, 9.17) is 8.92 Å². The summed E-state index contributed by atoms with van der Waals surface area (Å²) in [6.45, 7) is 5.53. The van der Waals surface area contributed by atoms with Crippen molar-refractivity contribution < 1.29 is 22.1 Å². The lowest BCUT2D eigenvalue weighted by Gasteiger charge is -2.32. The van der Waals surface area contributed by atoms with E-state index in [1.165, 1.54) is 18.4 Å². The van der Waals surface area contributed by atoms with Crippen molar-refractivity contribution in [3.05, 3.63) is 35.9 Å². The number of cyclic esters (lactones) is 1. The average molecular weight is 411 g/mol. The lowest BCUT2D eigenvalue weighted by Crippen LogP contribution is -2.37. The predicted molar refractivity (Wildman–Crippen MR) is 106 cm³/mol. The fourth-order valence-electron chi connectivity index (χ4n) is 3.97. The number of likely N-dealkylation sites (tertiary alicyclic amines) is 1. The third kappa shape index (κ3) is 5.93. The maximum absolute atomic E-state index is 12.0. The van der Waals surface area contributed by atoms with Crippen molar-refractivity contribution in [2.45, 2.75) is 51.5 Å². The van der Waals surface area contributed by atoms with Crippen molar-refractivity contribution in [2.24, 2.45) is 5.92 Å². The van der Waals surface area contributed by atoms with Crippen LogP contribution in [0.15, 0.2) is 30.3 Å². The summed E-state index contributed by atoms with van der Waals surface area (Å²) in [5, 5.41) is 0. The second kappa shape index (κ2) is 9.24. The monoisotopic (exact) mass is 410 g/mol. The van der Waals surface area contributed by atoms with E-state index in [1.807, 2.05) is 6.07 Å². The number of rotatable bonds is 8. The third-order valence-electron chi connectivity index (χ3n) is 5.57. The predicted octanol–water partition coefficient (Wildman–Crippen LogP) is 2.82. The molecule has 0 spiro atoms. The summed E-state index contributed by atoms with van der Waals surface area (Å²) in [5.41, 5.74) is 1.35. The molecular formula is C20H30N2O5S. The van der Waals surface area contributed by atoms with Gasteiger partial charge in [0.25, 0.3) is 10.1 Å². The first-order valence-corrected chi connectivity index (χ1v) is 11.8. The molecule has 2 aliphatic heterocycles. The molecule has 2 heterocycles. The molecular weight excluding hydrogens is 380 g/mol. The summed E-state index contributed by atoms with van der Waals surface area (Å²) in [7, 11) is -3.66. The van der Waals surface area contributed by atoms with Crippen LogP contribution in [0, 0.1) is 5.92 Å². The van der Waals surface area contributed by atoms with E-state index in [0.717, 1.165) is 38.7 Å². The number of piperidine rings is 1. The maximum atomic E-state index is 12.0. The average Bonchev–Trinajstić information content (AvgIpc) is 2.90. The van der Waals surface area contributed by atoms with Crippen molar-refractivity contribution in [1.82, 2.24) is 9.80 Å². The first-order chi connectivity index (χ1) is 13.3. The Morgan fingerprint density at radius 2 is 1.86 bits per heavy atom. The SMILES string of the molecule is CC1C(OS(C)(=O)=O)OC(=O)N1CCCC1CCN(Cc2ccccc2)CC1. The molecule has 0 saturated carbocycles. The van der Waals surface area contributed by atoms with Gasteiger partial charge in [-0.25, -0.2) is 8.98 Å². The minimum atomic E-state index is -3.66. The van der Waals surface area contributed by atoms with Gasteiger partial charge in [-0.1, -0.05) is 30.3 Å². The third-order valence-corrected chi connectivity index (χ3v) is 6.11. The largest absolute Gasteiger partial charge is 0.416 e. The smallest absolute Gasteiger partial charge is 0.412 e. The van der Waals surface area contributed by atoms with Crippen LogP contribution in [-0.4, -0.2) is 62.5 Å². The minimum Gasteiger partial charge on any atom is -0.416 e. The van der Waals surface area contributed by atoms with Crippen LogP contribution in [0.1, 0.15) is 38.2 Å². The quantitative estimate of drug-likeness (QED) is 0.614. The maximum Gasteiger partial charge on any atom is 0.412 e. The zero-order chi connectivity index (χ0) is 20.1. The van der Waals surface area contributed by atoms with Crippen LogP contribution in [0.3, 0.4) is 0 Å². The Morgan fingerprint density at radius 1 is 1.18 bits per heavy atom. The molecule has 3 rings (SSSR count). The standard InChI is InChI=1S/C20H30N2O5S/c1-16-19(27-28(2,24)25)26-20(23)22(16)12-6-9-17-10-13-21(14-11-17)15-18-7-4-3-5-8-18/h3-5,7-8,16-17,19H,6,9-15H2,1-2H3. The Kier molecular flexibility index (Phi) is 6.95. The van der Waals surface area contributed by atoms with Gasteiger partial charge in [0.1, 0.15) is 0 Å². The summed E-state index contributed by atoms with van der Waals surface area (Å²) in [6.07, 6.45) is 3.70. The molecule has 28 heavy (non-hydrogen) atoms. The molecule has 1 aromatic carbocycles. The molecule has 0 aromatic heterocycles. The number of amides is 1. The number of hydrogen-bond donors (Lipinski definition) is 0. The fourth-order valence-corrected chi connectivity index (χ4v) is 4.52. The van der Waals surface area contributed by atoms with Crippen LogP contribution in [0.25, 0.3) is 0 Å². The molecule has 8 heteroatoms. The minimum absolute atomic E-state index is 0.407. The van der Waals surface area contributed by atoms with E-state index in [0.29, 0.717) is 12.5 Å². The second-order valence-electron chi connectivity index (χ2n) is 7.83. The van der Waals surface area contributed by atoms with Crippen LogP contribution in [-0.2, 0) is 25.6 Å². The first-order valence-electron chi connectivity index (χ1n) is 9.93. The number of hydrogen-bond acceptors (Lipinski definition) is 6. The van der Waals surface area contributed by atoms with Gasteiger partial charge in [0, 0.05) is 13.1 Å². The molecule has 0 aliphatic carbocycles. The highest BCUT2D eigenvalue weighted by molar-refractivity contribution is 7.86. The van der Waals surface area contributed by atoms with E-state index < -0.39 is 28.5 Å². The molecule has 7 nitrogen and oxygen atoms in total. The number of carbonyl (C=O) groups is 1. The Bertz CT molecular complexity index is 747. The molecule has 0 N–H and O–H groups in total. The van der Waals surface area contributed by atoms with Crippen molar-refractivity contribution in [1.29, 1.82) is 0 Å². The topological polar surface area (TPSA) is 76.2 Å². The summed E-state index contributed by atoms with van der Waals surface area (Å²) >= 11 is 0. The van der Waals surface area contributed by atoms with Crippen molar-refractivity contribution in [2.75, 3.05) is 25.9 Å². The normalized spacial score (nSPS) is 24.5. The molecule has 2 fully saturated rings. The van der Waals surface area contributed by atoms with E-state index in [-0.39, 0.29) is 0 Å². The number of carbonyl (C=O) groups excluding carboxylic acids is 1. The van der Waals surface area contributed by atoms with Crippen LogP contribution >= 0.6 is 0 Å². The van der Waals surface area contributed by atoms with Crippen molar-refractivity contribution in [3.8, 4) is 0 Å². The van der Waals surface area contributed by atoms with Gasteiger partial charge in [-0.2, -0.15) is 8.42 Å². The van der Waals surface area contributed by atoms with Crippen LogP contribution in [0.2, 0.25) is 0 Å². The fraction of sp³-hybridized carbons (Fsp3) is 0.650. The number of nitrogens with zero attached hydrogens (tertiary/aromatic N) is 2. The highest BCUT2D eigenvalue weighted by Crippen LogP contribution is 2.26. The molecule has 0 bridgehead atoms. The Morgan fingerprint density at radius 3 is 2.50 bits per heavy atom. The molecule has 2 saturated heterocycles. The van der Waals surface area contributed by atoms with Gasteiger partial charge < -0.3 is 4.74 Å². The van der Waals surface area contributed by atoms with Crippen molar-refractivity contribution in [3.63, 3.8) is 0 Å². The van der Waals surface area contributed by atoms with Gasteiger partial charge in [-0.15, -0.1) is 0 Å². The summed E-state index contributed by atoms with van der Waals surface area (Å²) < 4.78 is 32.4. The Balaban J connectivity index is 1.37. The first kappa shape index (κ1) is 21.1. The van der Waals surface area contributed by atoms with Crippen LogP contribution in [0.5, 0.6) is 0 Å². The second-order valence-corrected chi connectivity index (χ2v) is 9.43. The van der Waals surface area contributed by atoms with Crippen LogP contribution < -0.4 is 0 Å². The van der Waals surface area contributed by atoms with Gasteiger partial charge in [0.05, 0.1) is 12.3 Å². The molecule has 2 atom stereocenters. The van der Waals surface area contributed by atoms with E-state index in [1.54, 1.807) is 11.8 Å². The van der Waals surface area contributed by atoms with Gasteiger partial charge >= 0.3 is 6.09 Å². The highest BCUT2D eigenvalue weighted by atomic mass is 32.2. The molecule has 0 radical (unpaired) electrons. The number of ether oxygens (including phenoxy) is 1. The summed E-state index contributed by atoms with van der Waals surface area (Å²) in [4.78, 5) is 16.1. The van der Waals surface area contributed by atoms with E-state index in [2.05, 4.69) is 29.2 Å². The van der Waals surface area contributed by atoms with E-state index in [9.17, 15) is 13.2 Å². The van der Waals surface area contributed by atoms with Gasteiger partial charge in [0.15, 0.2) is 0 Å². The van der Waals surface area contributed by atoms with Gasteiger partial charge in [-0.3, -0.25) is 9.80 Å². The van der Waals surface area contributed by atoms with Gasteiger partial charge in [-0.05, 0) is 57.2 Å². The van der Waals surface area contributed by atoms with Crippen molar-refractivity contribution >= 4 is 16.2 Å². The lowest BCUT2D eigenvalue weighted by atomic mass is 9.92. The van der Waals surface area contributed by atoms with E-state index >= 15 is 0 Å². The molecule has 2 unspecified atom stereocenters. The molecule has 1 amide bonds.